The van der Waals surface area contributed by atoms with Crippen molar-refractivity contribution in [3.63, 3.8) is 0 Å². The molecule has 0 aliphatic heterocycles. The van der Waals surface area contributed by atoms with Gasteiger partial charge in [-0.25, -0.2) is 4.79 Å². The van der Waals surface area contributed by atoms with Gasteiger partial charge in [-0.1, -0.05) is 30.3 Å². The molecule has 0 saturated heterocycles. The highest BCUT2D eigenvalue weighted by Gasteiger charge is 2.25. The van der Waals surface area contributed by atoms with Crippen LogP contribution in [0.5, 0.6) is 0 Å². The Hall–Kier alpha value is -1.37. The van der Waals surface area contributed by atoms with Crippen LogP contribution in [0.1, 0.15) is 30.7 Å². The largest absolute Gasteiger partial charge is 0.388 e. The third kappa shape index (κ3) is 2.17. The van der Waals surface area contributed by atoms with Crippen molar-refractivity contribution in [2.45, 2.75) is 31.3 Å². The zero-order valence-electron chi connectivity index (χ0n) is 8.52. The molecule has 1 saturated carbocycles. The third-order valence-corrected chi connectivity index (χ3v) is 3.06. The molecule has 2 atom stereocenters. The Bertz CT molecular complexity index is 377. The maximum Gasteiger partial charge on any atom is 0.126 e. The Kier molecular flexibility index (Phi) is 3.00. The van der Waals surface area contributed by atoms with Gasteiger partial charge in [-0.15, -0.1) is 0 Å². The molecule has 2 unspecified atom stereocenters. The number of hydrogen-bond donors (Lipinski definition) is 1. The topological polar surface area (TPSA) is 37.3 Å². The molecule has 2 nitrogen and oxygen atoms in total. The number of aliphatic hydroxyl groups is 1. The van der Waals surface area contributed by atoms with Crippen LogP contribution in [-0.4, -0.2) is 17.2 Å². The van der Waals surface area contributed by atoms with E-state index in [9.17, 15) is 9.90 Å². The highest BCUT2D eigenvalue weighted by Crippen LogP contribution is 2.34. The molecule has 15 heavy (non-hydrogen) atoms. The van der Waals surface area contributed by atoms with Gasteiger partial charge >= 0.3 is 0 Å². The summed E-state index contributed by atoms with van der Waals surface area (Å²) in [6, 6.07) is 10.1. The molecule has 2 rings (SSSR count). The van der Waals surface area contributed by atoms with Crippen LogP contribution < -0.4 is 0 Å². The van der Waals surface area contributed by atoms with Gasteiger partial charge in [-0.3, -0.25) is 0 Å². The molecule has 0 amide bonds. The number of benzene rings is 1. The Morgan fingerprint density at radius 1 is 1.20 bits per heavy atom. The summed E-state index contributed by atoms with van der Waals surface area (Å²) >= 11 is 0. The van der Waals surface area contributed by atoms with E-state index in [1.54, 1.807) is 0 Å². The Labute approximate surface area is 89.2 Å². The lowest BCUT2D eigenvalue weighted by molar-refractivity contribution is 0.173. The standard InChI is InChI=1S/C13H14O2/c14-9-12-8-11(6-7-13(12)15)10-4-2-1-3-5-10/h1-5,11,13,15H,6-8H2. The summed E-state index contributed by atoms with van der Waals surface area (Å²) in [5.41, 5.74) is 1.77. The molecule has 0 aromatic heterocycles. The molecule has 2 heteroatoms. The van der Waals surface area contributed by atoms with E-state index in [1.807, 2.05) is 24.1 Å². The van der Waals surface area contributed by atoms with E-state index < -0.39 is 6.10 Å². The van der Waals surface area contributed by atoms with Crippen LogP contribution in [0.4, 0.5) is 0 Å². The van der Waals surface area contributed by atoms with Crippen LogP contribution in [0.15, 0.2) is 35.9 Å². The first-order valence-electron chi connectivity index (χ1n) is 5.28. The molecule has 0 radical (unpaired) electrons. The summed E-state index contributed by atoms with van der Waals surface area (Å²) in [7, 11) is 0. The van der Waals surface area contributed by atoms with E-state index in [1.165, 1.54) is 5.56 Å². The number of rotatable bonds is 1. The predicted molar refractivity (Wildman–Crippen MR) is 58.2 cm³/mol. The average molecular weight is 202 g/mol. The molecule has 0 bridgehead atoms. The van der Waals surface area contributed by atoms with Crippen molar-refractivity contribution in [3.05, 3.63) is 41.5 Å². The SMILES string of the molecule is O=C=C1CC(c2ccccc2)CCC1O. The summed E-state index contributed by atoms with van der Waals surface area (Å²) in [6.07, 6.45) is 1.69. The Balaban J connectivity index is 2.17. The maximum absolute atomic E-state index is 10.6. The highest BCUT2D eigenvalue weighted by molar-refractivity contribution is 5.55. The lowest BCUT2D eigenvalue weighted by Gasteiger charge is -2.26. The van der Waals surface area contributed by atoms with Gasteiger partial charge in [-0.2, -0.15) is 0 Å². The minimum Gasteiger partial charge on any atom is -0.388 e. The molecule has 0 spiro atoms. The van der Waals surface area contributed by atoms with Crippen molar-refractivity contribution < 1.29 is 9.90 Å². The van der Waals surface area contributed by atoms with Crippen molar-refractivity contribution in [2.24, 2.45) is 0 Å². The quantitative estimate of drug-likeness (QED) is 0.708. The molecule has 1 aliphatic carbocycles. The first-order chi connectivity index (χ1) is 7.31. The van der Waals surface area contributed by atoms with Gasteiger partial charge < -0.3 is 5.11 Å². The minimum atomic E-state index is -0.567. The average Bonchev–Trinajstić information content (AvgIpc) is 2.31. The molecular formula is C13H14O2. The second-order valence-electron chi connectivity index (χ2n) is 4.03. The third-order valence-electron chi connectivity index (χ3n) is 3.06. The van der Waals surface area contributed by atoms with Crippen molar-refractivity contribution in [3.8, 4) is 0 Å². The summed E-state index contributed by atoms with van der Waals surface area (Å²) in [5.74, 6) is 2.24. The second kappa shape index (κ2) is 4.43. The minimum absolute atomic E-state index is 0.367. The van der Waals surface area contributed by atoms with E-state index in [0.717, 1.165) is 6.42 Å². The van der Waals surface area contributed by atoms with Crippen LogP contribution in [0.3, 0.4) is 0 Å². The lowest BCUT2D eigenvalue weighted by atomic mass is 9.80. The van der Waals surface area contributed by atoms with E-state index in [2.05, 4.69) is 12.1 Å². The monoisotopic (exact) mass is 202 g/mol. The van der Waals surface area contributed by atoms with E-state index in [-0.39, 0.29) is 0 Å². The van der Waals surface area contributed by atoms with Crippen LogP contribution >= 0.6 is 0 Å². The van der Waals surface area contributed by atoms with Gasteiger partial charge in [0.1, 0.15) is 5.94 Å². The molecular weight excluding hydrogens is 188 g/mol. The number of hydrogen-bond acceptors (Lipinski definition) is 2. The van der Waals surface area contributed by atoms with Crippen molar-refractivity contribution in [2.75, 3.05) is 0 Å². The maximum atomic E-state index is 10.6. The first kappa shape index (κ1) is 10.2. The Morgan fingerprint density at radius 3 is 2.60 bits per heavy atom. The van der Waals surface area contributed by atoms with Crippen molar-refractivity contribution in [1.82, 2.24) is 0 Å². The lowest BCUT2D eigenvalue weighted by Crippen LogP contribution is -2.20. The molecule has 78 valence electrons. The molecule has 0 heterocycles. The van der Waals surface area contributed by atoms with Gasteiger partial charge in [0.2, 0.25) is 0 Å². The number of aliphatic hydroxyl groups excluding tert-OH is 1. The fraction of sp³-hybridized carbons (Fsp3) is 0.385. The zero-order valence-corrected chi connectivity index (χ0v) is 8.52. The van der Waals surface area contributed by atoms with Crippen molar-refractivity contribution in [1.29, 1.82) is 0 Å². The van der Waals surface area contributed by atoms with E-state index in [0.29, 0.717) is 24.3 Å². The highest BCUT2D eigenvalue weighted by atomic mass is 16.3. The second-order valence-corrected chi connectivity index (χ2v) is 4.03. The zero-order chi connectivity index (χ0) is 10.7. The molecule has 1 aromatic rings. The van der Waals surface area contributed by atoms with Gasteiger partial charge in [-0.05, 0) is 30.7 Å². The predicted octanol–water partition coefficient (Wildman–Crippen LogP) is 2.07. The van der Waals surface area contributed by atoms with E-state index >= 15 is 0 Å². The smallest absolute Gasteiger partial charge is 0.126 e. The van der Waals surface area contributed by atoms with Crippen LogP contribution in [0.2, 0.25) is 0 Å². The summed E-state index contributed by atoms with van der Waals surface area (Å²) in [6.45, 7) is 0. The van der Waals surface area contributed by atoms with Gasteiger partial charge in [0.25, 0.3) is 0 Å². The van der Waals surface area contributed by atoms with Crippen LogP contribution in [-0.2, 0) is 4.79 Å². The summed E-state index contributed by atoms with van der Waals surface area (Å²) in [5, 5.41) is 9.53. The summed E-state index contributed by atoms with van der Waals surface area (Å²) < 4.78 is 0. The normalized spacial score (nSPS) is 26.1. The van der Waals surface area contributed by atoms with Crippen LogP contribution in [0.25, 0.3) is 0 Å². The molecule has 1 aromatic carbocycles. The fourth-order valence-corrected chi connectivity index (χ4v) is 2.16. The number of carbonyl (C=O) groups excluding carboxylic acids is 1. The van der Waals surface area contributed by atoms with Crippen molar-refractivity contribution >= 4 is 5.94 Å². The van der Waals surface area contributed by atoms with Crippen LogP contribution in [0, 0.1) is 0 Å². The molecule has 1 fully saturated rings. The van der Waals surface area contributed by atoms with Gasteiger partial charge in [0.15, 0.2) is 0 Å². The molecule has 1 aliphatic rings. The van der Waals surface area contributed by atoms with E-state index in [4.69, 9.17) is 0 Å². The van der Waals surface area contributed by atoms with Gasteiger partial charge in [0.05, 0.1) is 6.10 Å². The Morgan fingerprint density at radius 2 is 1.93 bits per heavy atom. The fourth-order valence-electron chi connectivity index (χ4n) is 2.16. The van der Waals surface area contributed by atoms with Gasteiger partial charge in [0, 0.05) is 5.57 Å². The first-order valence-corrected chi connectivity index (χ1v) is 5.28. The molecule has 1 N–H and O–H groups in total. The summed E-state index contributed by atoms with van der Waals surface area (Å²) in [4.78, 5) is 10.6.